The van der Waals surface area contributed by atoms with Gasteiger partial charge in [-0.1, -0.05) is 12.1 Å². The van der Waals surface area contributed by atoms with Gasteiger partial charge in [-0.25, -0.2) is 0 Å². The van der Waals surface area contributed by atoms with E-state index in [9.17, 15) is 0 Å². The summed E-state index contributed by atoms with van der Waals surface area (Å²) in [6, 6.07) is 17.3. The van der Waals surface area contributed by atoms with Crippen molar-refractivity contribution >= 4 is 17.1 Å². The van der Waals surface area contributed by atoms with Crippen LogP contribution >= 0.6 is 0 Å². The van der Waals surface area contributed by atoms with Crippen molar-refractivity contribution in [3.05, 3.63) is 54.1 Å². The van der Waals surface area contributed by atoms with Crippen LogP contribution in [0, 0.1) is 0 Å². The molecule has 0 radical (unpaired) electrons. The molecule has 1 N–H and O–H groups in total. The van der Waals surface area contributed by atoms with Crippen molar-refractivity contribution in [1.82, 2.24) is 0 Å². The van der Waals surface area contributed by atoms with Crippen molar-refractivity contribution in [2.24, 2.45) is 0 Å². The van der Waals surface area contributed by atoms with Crippen molar-refractivity contribution in [1.29, 1.82) is 0 Å². The first-order valence-corrected chi connectivity index (χ1v) is 8.15. The fourth-order valence-electron chi connectivity index (χ4n) is 2.73. The number of benzene rings is 2. The third-order valence-corrected chi connectivity index (χ3v) is 4.19. The highest BCUT2D eigenvalue weighted by molar-refractivity contribution is 5.55. The van der Waals surface area contributed by atoms with E-state index in [4.69, 9.17) is 4.74 Å². The molecule has 0 unspecified atom stereocenters. The Balaban J connectivity index is 1.55. The minimum Gasteiger partial charge on any atom is -0.381 e. The fraction of sp³-hybridized carbons (Fsp3) is 0.368. The van der Waals surface area contributed by atoms with Gasteiger partial charge in [0.05, 0.1) is 13.2 Å². The zero-order valence-electron chi connectivity index (χ0n) is 14.0. The molecule has 1 aliphatic heterocycles. The summed E-state index contributed by atoms with van der Waals surface area (Å²) in [7, 11) is 4.12. The highest BCUT2D eigenvalue weighted by Gasteiger charge is 2.10. The quantitative estimate of drug-likeness (QED) is 0.918. The van der Waals surface area contributed by atoms with Gasteiger partial charge in [-0.15, -0.1) is 0 Å². The maximum atomic E-state index is 5.40. The topological polar surface area (TPSA) is 27.7 Å². The molecule has 23 heavy (non-hydrogen) atoms. The molecule has 1 heterocycles. The molecule has 0 atom stereocenters. The number of rotatable bonds is 5. The average Bonchev–Trinajstić information content (AvgIpc) is 2.61. The highest BCUT2D eigenvalue weighted by atomic mass is 16.5. The van der Waals surface area contributed by atoms with Gasteiger partial charge in [0.2, 0.25) is 0 Å². The molecule has 0 spiro atoms. The molecule has 0 amide bonds. The van der Waals surface area contributed by atoms with E-state index in [1.54, 1.807) is 0 Å². The summed E-state index contributed by atoms with van der Waals surface area (Å²) >= 11 is 0. The van der Waals surface area contributed by atoms with E-state index in [1.165, 1.54) is 16.9 Å². The zero-order chi connectivity index (χ0) is 16.1. The Kier molecular flexibility index (Phi) is 5.03. The van der Waals surface area contributed by atoms with Gasteiger partial charge in [-0.05, 0) is 42.0 Å². The summed E-state index contributed by atoms with van der Waals surface area (Å²) in [6.45, 7) is 4.44. The van der Waals surface area contributed by atoms with Gasteiger partial charge in [0.25, 0.3) is 0 Å². The number of nitrogens with zero attached hydrogens (tertiary/aromatic N) is 2. The molecule has 0 aliphatic carbocycles. The van der Waals surface area contributed by atoms with Gasteiger partial charge in [-0.3, -0.25) is 0 Å². The van der Waals surface area contributed by atoms with Crippen molar-refractivity contribution in [3.63, 3.8) is 0 Å². The standard InChI is InChI=1S/C19H25N3O/c1-21(2)18-7-3-16(4-8-18)15-20-17-5-9-19(10-6-17)22-11-13-23-14-12-22/h3-10,20H,11-15H2,1-2H3. The lowest BCUT2D eigenvalue weighted by atomic mass is 10.2. The monoisotopic (exact) mass is 311 g/mol. The molecule has 1 aliphatic rings. The summed E-state index contributed by atoms with van der Waals surface area (Å²) in [5.74, 6) is 0. The number of nitrogens with one attached hydrogen (secondary N) is 1. The second kappa shape index (κ2) is 7.38. The van der Waals surface area contributed by atoms with Gasteiger partial charge in [0, 0.05) is 50.8 Å². The second-order valence-corrected chi connectivity index (χ2v) is 6.06. The lowest BCUT2D eigenvalue weighted by Crippen LogP contribution is -2.36. The minimum absolute atomic E-state index is 0.822. The van der Waals surface area contributed by atoms with Crippen LogP contribution in [0.5, 0.6) is 0 Å². The first-order valence-electron chi connectivity index (χ1n) is 8.15. The van der Waals surface area contributed by atoms with Crippen LogP contribution in [0.25, 0.3) is 0 Å². The largest absolute Gasteiger partial charge is 0.381 e. The molecule has 2 aromatic rings. The van der Waals surface area contributed by atoms with Crippen molar-refractivity contribution in [3.8, 4) is 0 Å². The predicted molar refractivity (Wildman–Crippen MR) is 97.6 cm³/mol. The van der Waals surface area contributed by atoms with E-state index in [2.05, 4.69) is 77.7 Å². The smallest absolute Gasteiger partial charge is 0.0642 e. The second-order valence-electron chi connectivity index (χ2n) is 6.06. The lowest BCUT2D eigenvalue weighted by Gasteiger charge is -2.28. The molecule has 2 aromatic carbocycles. The molecule has 122 valence electrons. The Morgan fingerprint density at radius 1 is 0.957 bits per heavy atom. The molecule has 0 aromatic heterocycles. The van der Waals surface area contributed by atoms with Crippen molar-refractivity contribution in [2.45, 2.75) is 6.54 Å². The van der Waals surface area contributed by atoms with E-state index < -0.39 is 0 Å². The van der Waals surface area contributed by atoms with E-state index in [0.29, 0.717) is 0 Å². The predicted octanol–water partition coefficient (Wildman–Crippen LogP) is 3.20. The van der Waals surface area contributed by atoms with Crippen LogP contribution in [-0.4, -0.2) is 40.4 Å². The van der Waals surface area contributed by atoms with Gasteiger partial charge in [-0.2, -0.15) is 0 Å². The maximum absolute atomic E-state index is 5.40. The third-order valence-electron chi connectivity index (χ3n) is 4.19. The van der Waals surface area contributed by atoms with Crippen LogP contribution in [0.4, 0.5) is 17.1 Å². The Morgan fingerprint density at radius 2 is 1.61 bits per heavy atom. The Bertz CT molecular complexity index is 602. The molecule has 0 saturated carbocycles. The number of ether oxygens (including phenoxy) is 1. The Labute approximate surface area is 138 Å². The van der Waals surface area contributed by atoms with Crippen LogP contribution in [0.1, 0.15) is 5.56 Å². The number of hydrogen-bond acceptors (Lipinski definition) is 4. The van der Waals surface area contributed by atoms with Crippen LogP contribution in [0.2, 0.25) is 0 Å². The summed E-state index contributed by atoms with van der Waals surface area (Å²) in [6.07, 6.45) is 0. The summed E-state index contributed by atoms with van der Waals surface area (Å²) in [5.41, 5.74) is 4.93. The van der Waals surface area contributed by atoms with Crippen LogP contribution in [0.3, 0.4) is 0 Å². The molecule has 4 heteroatoms. The maximum Gasteiger partial charge on any atom is 0.0642 e. The van der Waals surface area contributed by atoms with Gasteiger partial charge < -0.3 is 19.9 Å². The normalized spacial score (nSPS) is 14.6. The van der Waals surface area contributed by atoms with E-state index in [0.717, 1.165) is 38.5 Å². The lowest BCUT2D eigenvalue weighted by molar-refractivity contribution is 0.122. The molecule has 3 rings (SSSR count). The zero-order valence-corrected chi connectivity index (χ0v) is 14.0. The van der Waals surface area contributed by atoms with Crippen molar-refractivity contribution < 1.29 is 4.74 Å². The highest BCUT2D eigenvalue weighted by Crippen LogP contribution is 2.20. The molecular weight excluding hydrogens is 286 g/mol. The summed E-state index contributed by atoms with van der Waals surface area (Å²) in [4.78, 5) is 4.48. The van der Waals surface area contributed by atoms with Crippen molar-refractivity contribution in [2.75, 3.05) is 55.5 Å². The Morgan fingerprint density at radius 3 is 2.22 bits per heavy atom. The summed E-state index contributed by atoms with van der Waals surface area (Å²) in [5, 5.41) is 3.48. The fourth-order valence-corrected chi connectivity index (χ4v) is 2.73. The average molecular weight is 311 g/mol. The molecule has 1 saturated heterocycles. The number of hydrogen-bond donors (Lipinski definition) is 1. The van der Waals surface area contributed by atoms with E-state index >= 15 is 0 Å². The van der Waals surface area contributed by atoms with Gasteiger partial charge in [0.1, 0.15) is 0 Å². The minimum atomic E-state index is 0.822. The van der Waals surface area contributed by atoms with Crippen LogP contribution < -0.4 is 15.1 Å². The number of anilines is 3. The van der Waals surface area contributed by atoms with Gasteiger partial charge in [0.15, 0.2) is 0 Å². The van der Waals surface area contributed by atoms with E-state index in [1.807, 2.05) is 0 Å². The van der Waals surface area contributed by atoms with Crippen LogP contribution in [-0.2, 0) is 11.3 Å². The molecular formula is C19H25N3O. The Hall–Kier alpha value is -2.20. The number of morpholine rings is 1. The molecule has 1 fully saturated rings. The molecule has 4 nitrogen and oxygen atoms in total. The van der Waals surface area contributed by atoms with Crippen LogP contribution in [0.15, 0.2) is 48.5 Å². The SMILES string of the molecule is CN(C)c1ccc(CNc2ccc(N3CCOCC3)cc2)cc1. The first kappa shape index (κ1) is 15.7. The molecule has 0 bridgehead atoms. The summed E-state index contributed by atoms with van der Waals surface area (Å²) < 4.78 is 5.40. The first-order chi connectivity index (χ1) is 11.2. The third kappa shape index (κ3) is 4.17. The van der Waals surface area contributed by atoms with E-state index in [-0.39, 0.29) is 0 Å². The van der Waals surface area contributed by atoms with Gasteiger partial charge >= 0.3 is 0 Å².